The Kier molecular flexibility index (Phi) is 3.49. The molecule has 0 aromatic rings. The van der Waals surface area contributed by atoms with Gasteiger partial charge < -0.3 is 14.6 Å². The zero-order valence-corrected chi connectivity index (χ0v) is 7.16. The van der Waals surface area contributed by atoms with Crippen molar-refractivity contribution in [1.29, 1.82) is 0 Å². The number of ether oxygens (including phenoxy) is 2. The minimum absolute atomic E-state index is 0.127. The SMILES string of the molecule is CC(=O)OCC1CC(O)CCO1. The van der Waals surface area contributed by atoms with Crippen LogP contribution < -0.4 is 0 Å². The lowest BCUT2D eigenvalue weighted by Crippen LogP contribution is -2.32. The van der Waals surface area contributed by atoms with Crippen LogP contribution in [0, 0.1) is 0 Å². The molecule has 0 bridgehead atoms. The molecule has 4 heteroatoms. The predicted molar refractivity (Wildman–Crippen MR) is 41.6 cm³/mol. The number of hydrogen-bond acceptors (Lipinski definition) is 4. The Labute approximate surface area is 71.5 Å². The van der Waals surface area contributed by atoms with Crippen LogP contribution in [-0.2, 0) is 14.3 Å². The summed E-state index contributed by atoms with van der Waals surface area (Å²) in [7, 11) is 0. The third-order valence-electron chi connectivity index (χ3n) is 1.81. The first-order valence-corrected chi connectivity index (χ1v) is 4.11. The van der Waals surface area contributed by atoms with Gasteiger partial charge in [-0.15, -0.1) is 0 Å². The average molecular weight is 174 g/mol. The van der Waals surface area contributed by atoms with E-state index in [0.717, 1.165) is 0 Å². The van der Waals surface area contributed by atoms with E-state index in [4.69, 9.17) is 9.47 Å². The molecule has 2 atom stereocenters. The molecule has 1 heterocycles. The van der Waals surface area contributed by atoms with Gasteiger partial charge in [-0.05, 0) is 6.42 Å². The summed E-state index contributed by atoms with van der Waals surface area (Å²) in [6, 6.07) is 0. The van der Waals surface area contributed by atoms with Crippen molar-refractivity contribution in [2.45, 2.75) is 32.0 Å². The van der Waals surface area contributed by atoms with E-state index in [-0.39, 0.29) is 24.8 Å². The Morgan fingerprint density at radius 3 is 3.08 bits per heavy atom. The van der Waals surface area contributed by atoms with E-state index in [1.807, 2.05) is 0 Å². The number of carbonyl (C=O) groups is 1. The van der Waals surface area contributed by atoms with Gasteiger partial charge in [-0.3, -0.25) is 4.79 Å². The summed E-state index contributed by atoms with van der Waals surface area (Å²) in [6.07, 6.45) is 0.807. The minimum atomic E-state index is -0.307. The zero-order valence-electron chi connectivity index (χ0n) is 7.16. The largest absolute Gasteiger partial charge is 0.463 e. The smallest absolute Gasteiger partial charge is 0.302 e. The Bertz CT molecular complexity index is 157. The molecule has 0 aromatic carbocycles. The zero-order chi connectivity index (χ0) is 8.97. The van der Waals surface area contributed by atoms with Gasteiger partial charge in [0.25, 0.3) is 0 Å². The van der Waals surface area contributed by atoms with E-state index in [9.17, 15) is 9.90 Å². The van der Waals surface area contributed by atoms with Crippen molar-refractivity contribution in [3.8, 4) is 0 Å². The van der Waals surface area contributed by atoms with Gasteiger partial charge in [-0.1, -0.05) is 0 Å². The second-order valence-electron chi connectivity index (χ2n) is 2.97. The number of rotatable bonds is 2. The van der Waals surface area contributed by atoms with Crippen molar-refractivity contribution >= 4 is 5.97 Å². The molecule has 0 aromatic heterocycles. The predicted octanol–water partition coefficient (Wildman–Crippen LogP) is 0.0894. The summed E-state index contributed by atoms with van der Waals surface area (Å²) >= 11 is 0. The second kappa shape index (κ2) is 4.42. The highest BCUT2D eigenvalue weighted by molar-refractivity contribution is 5.65. The molecule has 12 heavy (non-hydrogen) atoms. The average Bonchev–Trinajstić information content (AvgIpc) is 2.01. The van der Waals surface area contributed by atoms with Gasteiger partial charge in [0.05, 0.1) is 12.2 Å². The number of hydrogen-bond donors (Lipinski definition) is 1. The van der Waals surface area contributed by atoms with E-state index < -0.39 is 0 Å². The van der Waals surface area contributed by atoms with Gasteiger partial charge in [-0.25, -0.2) is 0 Å². The van der Waals surface area contributed by atoms with Crippen LogP contribution in [0.15, 0.2) is 0 Å². The summed E-state index contributed by atoms with van der Waals surface area (Å²) in [5.74, 6) is -0.307. The fourth-order valence-corrected chi connectivity index (χ4v) is 1.19. The van der Waals surface area contributed by atoms with Gasteiger partial charge in [0, 0.05) is 20.0 Å². The fraction of sp³-hybridized carbons (Fsp3) is 0.875. The maximum atomic E-state index is 10.4. The first kappa shape index (κ1) is 9.48. The Morgan fingerprint density at radius 2 is 2.50 bits per heavy atom. The maximum Gasteiger partial charge on any atom is 0.302 e. The molecule has 1 fully saturated rings. The quantitative estimate of drug-likeness (QED) is 0.603. The van der Waals surface area contributed by atoms with E-state index in [1.54, 1.807) is 0 Å². The molecular formula is C8H14O4. The van der Waals surface area contributed by atoms with Gasteiger partial charge in [0.2, 0.25) is 0 Å². The van der Waals surface area contributed by atoms with Crippen molar-refractivity contribution in [3.05, 3.63) is 0 Å². The van der Waals surface area contributed by atoms with Crippen LogP contribution >= 0.6 is 0 Å². The summed E-state index contributed by atoms with van der Waals surface area (Å²) in [5, 5.41) is 9.22. The molecule has 4 nitrogen and oxygen atoms in total. The second-order valence-corrected chi connectivity index (χ2v) is 2.97. The molecule has 0 saturated carbocycles. The Hall–Kier alpha value is -0.610. The van der Waals surface area contributed by atoms with Gasteiger partial charge in [-0.2, -0.15) is 0 Å². The van der Waals surface area contributed by atoms with E-state index in [1.165, 1.54) is 6.92 Å². The molecule has 2 unspecified atom stereocenters. The standard InChI is InChI=1S/C8H14O4/c1-6(9)12-5-8-4-7(10)2-3-11-8/h7-8,10H,2-5H2,1H3. The molecule has 0 spiro atoms. The molecule has 1 saturated heterocycles. The lowest BCUT2D eigenvalue weighted by molar-refractivity contribution is -0.148. The van der Waals surface area contributed by atoms with E-state index in [2.05, 4.69) is 0 Å². The van der Waals surface area contributed by atoms with Crippen LogP contribution in [0.25, 0.3) is 0 Å². The van der Waals surface area contributed by atoms with E-state index >= 15 is 0 Å². The van der Waals surface area contributed by atoms with Crippen LogP contribution in [-0.4, -0.2) is 36.5 Å². The van der Waals surface area contributed by atoms with Crippen molar-refractivity contribution in [2.24, 2.45) is 0 Å². The minimum Gasteiger partial charge on any atom is -0.463 e. The summed E-state index contributed by atoms with van der Waals surface area (Å²) in [6.45, 7) is 2.17. The van der Waals surface area contributed by atoms with Crippen molar-refractivity contribution < 1.29 is 19.4 Å². The van der Waals surface area contributed by atoms with Crippen LogP contribution in [0.3, 0.4) is 0 Å². The van der Waals surface area contributed by atoms with Crippen LogP contribution in [0.2, 0.25) is 0 Å². The lowest BCUT2D eigenvalue weighted by Gasteiger charge is -2.25. The normalized spacial score (nSPS) is 29.8. The first-order chi connectivity index (χ1) is 5.68. The summed E-state index contributed by atoms with van der Waals surface area (Å²) in [5.41, 5.74) is 0. The van der Waals surface area contributed by atoms with Crippen LogP contribution in [0.5, 0.6) is 0 Å². The van der Waals surface area contributed by atoms with Gasteiger partial charge >= 0.3 is 5.97 Å². The van der Waals surface area contributed by atoms with Crippen LogP contribution in [0.4, 0.5) is 0 Å². The molecule has 0 aliphatic carbocycles. The lowest BCUT2D eigenvalue weighted by atomic mass is 10.1. The first-order valence-electron chi connectivity index (χ1n) is 4.11. The molecule has 70 valence electrons. The highest BCUT2D eigenvalue weighted by Gasteiger charge is 2.21. The summed E-state index contributed by atoms with van der Waals surface area (Å²) < 4.78 is 10.0. The highest BCUT2D eigenvalue weighted by atomic mass is 16.6. The van der Waals surface area contributed by atoms with Crippen molar-refractivity contribution in [1.82, 2.24) is 0 Å². The van der Waals surface area contributed by atoms with Gasteiger partial charge in [0.15, 0.2) is 0 Å². The third-order valence-corrected chi connectivity index (χ3v) is 1.81. The summed E-state index contributed by atoms with van der Waals surface area (Å²) in [4.78, 5) is 10.4. The molecule has 1 rings (SSSR count). The molecule has 1 aliphatic rings. The van der Waals surface area contributed by atoms with Crippen molar-refractivity contribution in [2.75, 3.05) is 13.2 Å². The number of aliphatic hydroxyl groups is 1. The molecule has 0 radical (unpaired) electrons. The number of aliphatic hydroxyl groups excluding tert-OH is 1. The molecule has 1 aliphatic heterocycles. The Morgan fingerprint density at radius 1 is 1.75 bits per heavy atom. The Balaban J connectivity index is 2.18. The fourth-order valence-electron chi connectivity index (χ4n) is 1.19. The number of esters is 1. The van der Waals surface area contributed by atoms with Gasteiger partial charge in [0.1, 0.15) is 6.61 Å². The monoisotopic (exact) mass is 174 g/mol. The van der Waals surface area contributed by atoms with Crippen molar-refractivity contribution in [3.63, 3.8) is 0 Å². The van der Waals surface area contributed by atoms with E-state index in [0.29, 0.717) is 19.4 Å². The number of carbonyl (C=O) groups excluding carboxylic acids is 1. The maximum absolute atomic E-state index is 10.4. The third kappa shape index (κ3) is 3.19. The topological polar surface area (TPSA) is 55.8 Å². The molecular weight excluding hydrogens is 160 g/mol. The molecule has 1 N–H and O–H groups in total. The van der Waals surface area contributed by atoms with Crippen LogP contribution in [0.1, 0.15) is 19.8 Å². The molecule has 0 amide bonds. The highest BCUT2D eigenvalue weighted by Crippen LogP contribution is 2.13.